The van der Waals surface area contributed by atoms with Crippen molar-refractivity contribution < 1.29 is 9.00 Å². The second-order valence-corrected chi connectivity index (χ2v) is 6.73. The van der Waals surface area contributed by atoms with Gasteiger partial charge in [-0.2, -0.15) is 0 Å². The lowest BCUT2D eigenvalue weighted by Crippen LogP contribution is -2.21. The third-order valence-corrected chi connectivity index (χ3v) is 4.90. The van der Waals surface area contributed by atoms with E-state index in [1.165, 1.54) is 32.9 Å². The van der Waals surface area contributed by atoms with E-state index in [0.717, 1.165) is 23.5 Å². The first-order valence-corrected chi connectivity index (χ1v) is 8.45. The molecule has 1 saturated heterocycles. The number of carbonyl (C=O) groups excluding carboxylic acids is 1. The molecular weight excluding hydrogens is 272 g/mol. The van der Waals surface area contributed by atoms with Crippen molar-refractivity contribution in [3.8, 4) is 0 Å². The van der Waals surface area contributed by atoms with Gasteiger partial charge in [0.1, 0.15) is 0 Å². The molecule has 1 unspecified atom stereocenters. The highest BCUT2D eigenvalue weighted by atomic mass is 32.2. The molecule has 2 rings (SSSR count). The quantitative estimate of drug-likeness (QED) is 0.875. The molecular formula is C15H22N2O2S. The van der Waals surface area contributed by atoms with Crippen LogP contribution in [0.3, 0.4) is 0 Å². The second-order valence-electron chi connectivity index (χ2n) is 5.16. The van der Waals surface area contributed by atoms with Crippen LogP contribution in [0.2, 0.25) is 0 Å². The molecule has 1 heterocycles. The summed E-state index contributed by atoms with van der Waals surface area (Å²) in [6, 6.07) is 7.26. The lowest BCUT2D eigenvalue weighted by molar-refractivity contribution is -0.114. The van der Waals surface area contributed by atoms with Crippen molar-refractivity contribution in [1.82, 2.24) is 4.90 Å². The van der Waals surface area contributed by atoms with E-state index in [4.69, 9.17) is 0 Å². The smallest absolute Gasteiger partial charge is 0.221 e. The SMILES string of the molecule is CC(=O)Nc1ccc(S(=O)CCCN2CCCC2)cc1. The summed E-state index contributed by atoms with van der Waals surface area (Å²) >= 11 is 0. The first-order valence-electron chi connectivity index (χ1n) is 7.13. The minimum absolute atomic E-state index is 0.0931. The third-order valence-electron chi connectivity index (χ3n) is 3.44. The van der Waals surface area contributed by atoms with Crippen LogP contribution in [0.25, 0.3) is 0 Å². The number of nitrogens with zero attached hydrogens (tertiary/aromatic N) is 1. The second kappa shape index (κ2) is 7.55. The first kappa shape index (κ1) is 15.2. The Hall–Kier alpha value is -1.20. The van der Waals surface area contributed by atoms with Crippen molar-refractivity contribution in [2.45, 2.75) is 31.1 Å². The van der Waals surface area contributed by atoms with Crippen molar-refractivity contribution in [3.63, 3.8) is 0 Å². The molecule has 0 saturated carbocycles. The molecule has 1 aliphatic rings. The van der Waals surface area contributed by atoms with Crippen LogP contribution < -0.4 is 5.32 Å². The van der Waals surface area contributed by atoms with Crippen LogP contribution in [0.15, 0.2) is 29.2 Å². The van der Waals surface area contributed by atoms with Crippen molar-refractivity contribution in [1.29, 1.82) is 0 Å². The molecule has 0 aromatic heterocycles. The highest BCUT2D eigenvalue weighted by Gasteiger charge is 2.11. The van der Waals surface area contributed by atoms with Crippen LogP contribution in [-0.4, -0.2) is 40.4 Å². The lowest BCUT2D eigenvalue weighted by Gasteiger charge is -2.13. The Kier molecular flexibility index (Phi) is 5.73. The first-order chi connectivity index (χ1) is 9.65. The molecule has 1 aromatic carbocycles. The van der Waals surface area contributed by atoms with Crippen LogP contribution in [0.5, 0.6) is 0 Å². The molecule has 0 bridgehead atoms. The number of carbonyl (C=O) groups is 1. The number of nitrogens with one attached hydrogen (secondary N) is 1. The number of hydrogen-bond acceptors (Lipinski definition) is 3. The maximum Gasteiger partial charge on any atom is 0.221 e. The Morgan fingerprint density at radius 1 is 1.25 bits per heavy atom. The summed E-state index contributed by atoms with van der Waals surface area (Å²) in [6.45, 7) is 4.91. The Bertz CT molecular complexity index is 467. The minimum Gasteiger partial charge on any atom is -0.326 e. The maximum atomic E-state index is 12.2. The van der Waals surface area contributed by atoms with Crippen molar-refractivity contribution in [2.75, 3.05) is 30.7 Å². The molecule has 4 nitrogen and oxygen atoms in total. The predicted molar refractivity (Wildman–Crippen MR) is 82.3 cm³/mol. The molecule has 1 amide bonds. The Labute approximate surface area is 123 Å². The molecule has 110 valence electrons. The summed E-state index contributed by atoms with van der Waals surface area (Å²) in [5, 5.41) is 2.71. The Balaban J connectivity index is 1.78. The highest BCUT2D eigenvalue weighted by molar-refractivity contribution is 7.85. The average molecular weight is 294 g/mol. The van der Waals surface area contributed by atoms with Crippen molar-refractivity contribution >= 4 is 22.4 Å². The normalized spacial score (nSPS) is 17.1. The third kappa shape index (κ3) is 4.72. The maximum absolute atomic E-state index is 12.2. The molecule has 1 aliphatic heterocycles. The van der Waals surface area contributed by atoms with E-state index in [1.54, 1.807) is 12.1 Å². The van der Waals surface area contributed by atoms with Crippen LogP contribution in [0.4, 0.5) is 5.69 Å². The molecule has 20 heavy (non-hydrogen) atoms. The van der Waals surface area contributed by atoms with Gasteiger partial charge in [-0.3, -0.25) is 9.00 Å². The van der Waals surface area contributed by atoms with Gasteiger partial charge < -0.3 is 10.2 Å². The van der Waals surface area contributed by atoms with E-state index < -0.39 is 10.8 Å². The zero-order valence-corrected chi connectivity index (χ0v) is 12.7. The van der Waals surface area contributed by atoms with E-state index in [1.807, 2.05) is 12.1 Å². The molecule has 1 aromatic rings. The van der Waals surface area contributed by atoms with E-state index in [0.29, 0.717) is 5.75 Å². The molecule has 5 heteroatoms. The average Bonchev–Trinajstić information content (AvgIpc) is 2.92. The molecule has 1 fully saturated rings. The van der Waals surface area contributed by atoms with Gasteiger partial charge in [-0.1, -0.05) is 0 Å². The summed E-state index contributed by atoms with van der Waals surface area (Å²) in [6.07, 6.45) is 3.57. The van der Waals surface area contributed by atoms with E-state index in [9.17, 15) is 9.00 Å². The summed E-state index contributed by atoms with van der Waals surface area (Å²) in [5.41, 5.74) is 0.746. The van der Waals surface area contributed by atoms with E-state index in [2.05, 4.69) is 10.2 Å². The lowest BCUT2D eigenvalue weighted by atomic mass is 10.3. The van der Waals surface area contributed by atoms with Gasteiger partial charge in [0, 0.05) is 23.3 Å². The van der Waals surface area contributed by atoms with Crippen molar-refractivity contribution in [3.05, 3.63) is 24.3 Å². The highest BCUT2D eigenvalue weighted by Crippen LogP contribution is 2.14. The fourth-order valence-electron chi connectivity index (χ4n) is 2.44. The van der Waals surface area contributed by atoms with Crippen LogP contribution in [0, 0.1) is 0 Å². The molecule has 0 spiro atoms. The fraction of sp³-hybridized carbons (Fsp3) is 0.533. The number of benzene rings is 1. The van der Waals surface area contributed by atoms with Gasteiger partial charge in [-0.25, -0.2) is 0 Å². The Morgan fingerprint density at radius 2 is 1.90 bits per heavy atom. The standard InChI is InChI=1S/C15H22N2O2S/c1-13(18)16-14-5-7-15(8-6-14)20(19)12-4-11-17-9-2-3-10-17/h5-8H,2-4,9-12H2,1H3,(H,16,18). The minimum atomic E-state index is -0.944. The molecule has 0 aliphatic carbocycles. The van der Waals surface area contributed by atoms with Crippen LogP contribution in [0.1, 0.15) is 26.2 Å². The van der Waals surface area contributed by atoms with Crippen molar-refractivity contribution in [2.24, 2.45) is 0 Å². The molecule has 1 atom stereocenters. The largest absolute Gasteiger partial charge is 0.326 e. The van der Waals surface area contributed by atoms with Crippen LogP contribution in [-0.2, 0) is 15.6 Å². The monoisotopic (exact) mass is 294 g/mol. The van der Waals surface area contributed by atoms with E-state index >= 15 is 0 Å². The topological polar surface area (TPSA) is 49.4 Å². The zero-order valence-electron chi connectivity index (χ0n) is 11.9. The zero-order chi connectivity index (χ0) is 14.4. The van der Waals surface area contributed by atoms with Crippen LogP contribution >= 0.6 is 0 Å². The number of likely N-dealkylation sites (tertiary alicyclic amines) is 1. The summed E-state index contributed by atoms with van der Waals surface area (Å²) in [4.78, 5) is 14.2. The number of amides is 1. The summed E-state index contributed by atoms with van der Waals surface area (Å²) in [7, 11) is -0.944. The number of rotatable bonds is 6. The predicted octanol–water partition coefficient (Wildman–Crippen LogP) is 2.24. The van der Waals surface area contributed by atoms with Gasteiger partial charge in [-0.15, -0.1) is 0 Å². The van der Waals surface area contributed by atoms with Gasteiger partial charge >= 0.3 is 0 Å². The van der Waals surface area contributed by atoms with Gasteiger partial charge in [-0.05, 0) is 63.2 Å². The molecule has 0 radical (unpaired) electrons. The van der Waals surface area contributed by atoms with Gasteiger partial charge in [0.2, 0.25) is 5.91 Å². The fourth-order valence-corrected chi connectivity index (χ4v) is 3.50. The summed E-state index contributed by atoms with van der Waals surface area (Å²) < 4.78 is 12.2. The molecule has 1 N–H and O–H groups in total. The number of anilines is 1. The van der Waals surface area contributed by atoms with Gasteiger partial charge in [0.25, 0.3) is 0 Å². The van der Waals surface area contributed by atoms with E-state index in [-0.39, 0.29) is 5.91 Å². The summed E-state index contributed by atoms with van der Waals surface area (Å²) in [5.74, 6) is 0.611. The Morgan fingerprint density at radius 3 is 2.50 bits per heavy atom. The van der Waals surface area contributed by atoms with Gasteiger partial charge in [0.05, 0.1) is 10.8 Å². The van der Waals surface area contributed by atoms with Gasteiger partial charge in [0.15, 0.2) is 0 Å². The number of hydrogen-bond donors (Lipinski definition) is 1.